The van der Waals surface area contributed by atoms with Gasteiger partial charge in [-0.15, -0.1) is 11.3 Å². The number of hydrogen-bond acceptors (Lipinski definition) is 4. The summed E-state index contributed by atoms with van der Waals surface area (Å²) in [4.78, 5) is 14.6. The molecule has 2 aromatic rings. The van der Waals surface area contributed by atoms with E-state index in [9.17, 15) is 4.79 Å². The highest BCUT2D eigenvalue weighted by molar-refractivity contribution is 7.12. The second-order valence-electron chi connectivity index (χ2n) is 4.27. The van der Waals surface area contributed by atoms with Crippen molar-refractivity contribution in [2.75, 3.05) is 12.8 Å². The number of aryl methyl sites for hydroxylation is 1. The summed E-state index contributed by atoms with van der Waals surface area (Å²) in [6, 6.07) is 9.26. The van der Waals surface area contributed by atoms with Crippen molar-refractivity contribution in [3.05, 3.63) is 45.6 Å². The van der Waals surface area contributed by atoms with Crippen LogP contribution >= 0.6 is 11.3 Å². The van der Waals surface area contributed by atoms with Crippen molar-refractivity contribution in [1.29, 1.82) is 0 Å². The number of benzene rings is 1. The number of ether oxygens (including phenoxy) is 1. The van der Waals surface area contributed by atoms with Gasteiger partial charge in [0.25, 0.3) is 0 Å². The highest BCUT2D eigenvalue weighted by Crippen LogP contribution is 2.23. The van der Waals surface area contributed by atoms with E-state index in [1.807, 2.05) is 6.07 Å². The molecule has 0 unspecified atom stereocenters. The van der Waals surface area contributed by atoms with Gasteiger partial charge in [-0.3, -0.25) is 4.79 Å². The predicted molar refractivity (Wildman–Crippen MR) is 79.1 cm³/mol. The Hall–Kier alpha value is -1.81. The van der Waals surface area contributed by atoms with Crippen LogP contribution in [0.5, 0.6) is 5.75 Å². The van der Waals surface area contributed by atoms with Gasteiger partial charge in [0.1, 0.15) is 5.75 Å². The third kappa shape index (κ3) is 3.15. The predicted octanol–water partition coefficient (Wildman–Crippen LogP) is 3.33. The molecule has 2 rings (SSSR count). The molecule has 0 amide bonds. The van der Waals surface area contributed by atoms with Crippen LogP contribution in [0.3, 0.4) is 0 Å². The number of nitrogen functional groups attached to an aromatic ring is 1. The van der Waals surface area contributed by atoms with Crippen molar-refractivity contribution in [3.63, 3.8) is 0 Å². The normalized spacial score (nSPS) is 10.4. The summed E-state index contributed by atoms with van der Waals surface area (Å²) in [6.45, 7) is 2.11. The first kappa shape index (κ1) is 13.6. The molecule has 0 saturated carbocycles. The molecular weight excluding hydrogens is 258 g/mol. The molecule has 0 atom stereocenters. The number of anilines is 1. The molecule has 0 radical (unpaired) electrons. The average molecular weight is 275 g/mol. The zero-order valence-corrected chi connectivity index (χ0v) is 11.9. The first-order valence-corrected chi connectivity index (χ1v) is 7.00. The summed E-state index contributed by atoms with van der Waals surface area (Å²) in [5.74, 6) is 0.711. The molecule has 0 spiro atoms. The third-order valence-electron chi connectivity index (χ3n) is 2.96. The van der Waals surface area contributed by atoms with E-state index in [1.165, 1.54) is 4.88 Å². The van der Waals surface area contributed by atoms with E-state index < -0.39 is 0 Å². The lowest BCUT2D eigenvalue weighted by Crippen LogP contribution is -2.06. The molecule has 4 heteroatoms. The molecule has 0 bridgehead atoms. The lowest BCUT2D eigenvalue weighted by molar-refractivity contribution is 0.0994. The van der Waals surface area contributed by atoms with Gasteiger partial charge in [0.2, 0.25) is 0 Å². The number of nitrogens with two attached hydrogens (primary N) is 1. The van der Waals surface area contributed by atoms with Crippen molar-refractivity contribution < 1.29 is 9.53 Å². The molecule has 19 heavy (non-hydrogen) atoms. The van der Waals surface area contributed by atoms with E-state index in [-0.39, 0.29) is 5.78 Å². The van der Waals surface area contributed by atoms with Crippen LogP contribution in [0.1, 0.15) is 27.0 Å². The molecule has 3 nitrogen and oxygen atoms in total. The SMILES string of the molecule is CCc1ccc(CC(=O)c2ccc(OC)cc2N)s1. The van der Waals surface area contributed by atoms with E-state index in [0.29, 0.717) is 23.4 Å². The van der Waals surface area contributed by atoms with Gasteiger partial charge >= 0.3 is 0 Å². The molecule has 0 fully saturated rings. The minimum absolute atomic E-state index is 0.0460. The lowest BCUT2D eigenvalue weighted by Gasteiger charge is -2.06. The average Bonchev–Trinajstić information content (AvgIpc) is 2.86. The molecule has 0 aliphatic rings. The zero-order chi connectivity index (χ0) is 13.8. The van der Waals surface area contributed by atoms with Crippen molar-refractivity contribution in [2.45, 2.75) is 19.8 Å². The van der Waals surface area contributed by atoms with Crippen LogP contribution in [0.2, 0.25) is 0 Å². The molecule has 1 aromatic heterocycles. The number of hydrogen-bond donors (Lipinski definition) is 1. The summed E-state index contributed by atoms with van der Waals surface area (Å²) in [7, 11) is 1.58. The van der Waals surface area contributed by atoms with Crippen molar-refractivity contribution in [1.82, 2.24) is 0 Å². The van der Waals surface area contributed by atoms with Gasteiger partial charge in [-0.1, -0.05) is 6.92 Å². The monoisotopic (exact) mass is 275 g/mol. The smallest absolute Gasteiger partial charge is 0.170 e. The van der Waals surface area contributed by atoms with Crippen molar-refractivity contribution in [3.8, 4) is 5.75 Å². The molecule has 0 aliphatic carbocycles. The van der Waals surface area contributed by atoms with E-state index >= 15 is 0 Å². The lowest BCUT2D eigenvalue weighted by atomic mass is 10.1. The maximum atomic E-state index is 12.2. The molecule has 0 aliphatic heterocycles. The molecule has 0 saturated heterocycles. The summed E-state index contributed by atoms with van der Waals surface area (Å²) < 4.78 is 5.08. The van der Waals surface area contributed by atoms with Crippen LogP contribution in [0, 0.1) is 0 Å². The zero-order valence-electron chi connectivity index (χ0n) is 11.1. The summed E-state index contributed by atoms with van der Waals surface area (Å²) in [6.07, 6.45) is 1.41. The first-order valence-electron chi connectivity index (χ1n) is 6.18. The second-order valence-corrected chi connectivity index (χ2v) is 5.53. The largest absolute Gasteiger partial charge is 0.497 e. The van der Waals surface area contributed by atoms with E-state index in [2.05, 4.69) is 13.0 Å². The minimum atomic E-state index is 0.0460. The Labute approximate surface area is 117 Å². The molecule has 1 heterocycles. The number of rotatable bonds is 5. The maximum Gasteiger partial charge on any atom is 0.170 e. The Kier molecular flexibility index (Phi) is 4.22. The number of thiophene rings is 1. The van der Waals surface area contributed by atoms with Crippen molar-refractivity contribution in [2.24, 2.45) is 0 Å². The summed E-state index contributed by atoms with van der Waals surface area (Å²) >= 11 is 1.68. The number of ketones is 1. The quantitative estimate of drug-likeness (QED) is 0.672. The van der Waals surface area contributed by atoms with Gasteiger partial charge in [0, 0.05) is 33.5 Å². The Morgan fingerprint density at radius 3 is 2.58 bits per heavy atom. The van der Waals surface area contributed by atoms with Crippen LogP contribution in [0.4, 0.5) is 5.69 Å². The van der Waals surface area contributed by atoms with Gasteiger partial charge in [0.05, 0.1) is 7.11 Å². The fraction of sp³-hybridized carbons (Fsp3) is 0.267. The molecule has 2 N–H and O–H groups in total. The molecule has 1 aromatic carbocycles. The second kappa shape index (κ2) is 5.89. The first-order chi connectivity index (χ1) is 9.13. The number of carbonyl (C=O) groups is 1. The third-order valence-corrected chi connectivity index (χ3v) is 4.19. The molecule has 100 valence electrons. The Balaban J connectivity index is 2.15. The van der Waals surface area contributed by atoms with Gasteiger partial charge in [-0.05, 0) is 30.7 Å². The Morgan fingerprint density at radius 2 is 2.00 bits per heavy atom. The summed E-state index contributed by atoms with van der Waals surface area (Å²) in [5, 5.41) is 0. The van der Waals surface area contributed by atoms with Gasteiger partial charge in [0.15, 0.2) is 5.78 Å². The van der Waals surface area contributed by atoms with Crippen molar-refractivity contribution >= 4 is 22.8 Å². The number of methoxy groups -OCH3 is 1. The fourth-order valence-electron chi connectivity index (χ4n) is 1.88. The van der Waals surface area contributed by atoms with E-state index in [1.54, 1.807) is 36.6 Å². The minimum Gasteiger partial charge on any atom is -0.497 e. The topological polar surface area (TPSA) is 52.3 Å². The fourth-order valence-corrected chi connectivity index (χ4v) is 2.84. The van der Waals surface area contributed by atoms with Gasteiger partial charge < -0.3 is 10.5 Å². The summed E-state index contributed by atoms with van der Waals surface area (Å²) in [5.41, 5.74) is 6.92. The van der Waals surface area contributed by atoms with E-state index in [0.717, 1.165) is 11.3 Å². The van der Waals surface area contributed by atoms with Crippen LogP contribution in [0.25, 0.3) is 0 Å². The van der Waals surface area contributed by atoms with Gasteiger partial charge in [-0.25, -0.2) is 0 Å². The van der Waals surface area contributed by atoms with E-state index in [4.69, 9.17) is 10.5 Å². The number of carbonyl (C=O) groups excluding carboxylic acids is 1. The van der Waals surface area contributed by atoms with Crippen LogP contribution in [-0.4, -0.2) is 12.9 Å². The highest BCUT2D eigenvalue weighted by atomic mass is 32.1. The number of Topliss-reactive ketones (excluding diaryl/α,β-unsaturated/α-hetero) is 1. The standard InChI is InChI=1S/C15H17NO2S/c1-3-11-5-6-12(19-11)9-15(17)13-7-4-10(18-2)8-14(13)16/h4-8H,3,9,16H2,1-2H3. The highest BCUT2D eigenvalue weighted by Gasteiger charge is 2.12. The Bertz CT molecular complexity index is 590. The Morgan fingerprint density at radius 1 is 1.26 bits per heavy atom. The molecular formula is C15H17NO2S. The van der Waals surface area contributed by atoms with Gasteiger partial charge in [-0.2, -0.15) is 0 Å². The van der Waals surface area contributed by atoms with Crippen LogP contribution < -0.4 is 10.5 Å². The maximum absolute atomic E-state index is 12.2. The van der Waals surface area contributed by atoms with Crippen LogP contribution in [0.15, 0.2) is 30.3 Å². The van der Waals surface area contributed by atoms with Crippen LogP contribution in [-0.2, 0) is 12.8 Å².